The van der Waals surface area contributed by atoms with Crippen molar-refractivity contribution in [2.24, 2.45) is 5.73 Å². The Morgan fingerprint density at radius 2 is 1.96 bits per heavy atom. The second-order valence-corrected chi connectivity index (χ2v) is 6.87. The van der Waals surface area contributed by atoms with Crippen molar-refractivity contribution in [1.29, 1.82) is 0 Å². The van der Waals surface area contributed by atoms with Crippen LogP contribution in [0.4, 0.5) is 4.79 Å². The molecule has 134 valence electrons. The van der Waals surface area contributed by atoms with Crippen LogP contribution in [-0.4, -0.2) is 65.8 Å². The van der Waals surface area contributed by atoms with E-state index in [9.17, 15) is 4.79 Å². The van der Waals surface area contributed by atoms with Crippen LogP contribution in [0.2, 0.25) is 0 Å². The van der Waals surface area contributed by atoms with Crippen LogP contribution in [0.25, 0.3) is 0 Å². The van der Waals surface area contributed by atoms with Gasteiger partial charge in [0.05, 0.1) is 0 Å². The fourth-order valence-electron chi connectivity index (χ4n) is 2.38. The van der Waals surface area contributed by atoms with Gasteiger partial charge in [0.25, 0.3) is 0 Å². The number of piperazine rings is 1. The van der Waals surface area contributed by atoms with Gasteiger partial charge in [-0.1, -0.05) is 6.07 Å². The summed E-state index contributed by atoms with van der Waals surface area (Å²) >= 11 is 0. The molecule has 0 saturated carbocycles. The SMILES string of the molecule is CC(C)(C)OC(=O)N1CCN(CCOc2ccc(CN)cn2)CC1. The minimum atomic E-state index is -0.450. The van der Waals surface area contributed by atoms with E-state index >= 15 is 0 Å². The van der Waals surface area contributed by atoms with Gasteiger partial charge in [-0.15, -0.1) is 0 Å². The molecule has 0 aromatic carbocycles. The minimum absolute atomic E-state index is 0.234. The highest BCUT2D eigenvalue weighted by molar-refractivity contribution is 5.68. The summed E-state index contributed by atoms with van der Waals surface area (Å²) in [7, 11) is 0. The van der Waals surface area contributed by atoms with Gasteiger partial charge in [-0.3, -0.25) is 4.90 Å². The molecule has 1 fully saturated rings. The van der Waals surface area contributed by atoms with Crippen LogP contribution in [0, 0.1) is 0 Å². The molecule has 2 heterocycles. The second-order valence-electron chi connectivity index (χ2n) is 6.87. The Morgan fingerprint density at radius 3 is 2.50 bits per heavy atom. The Balaban J connectivity index is 1.66. The summed E-state index contributed by atoms with van der Waals surface area (Å²) in [4.78, 5) is 20.3. The number of hydrogen-bond acceptors (Lipinski definition) is 6. The number of nitrogens with two attached hydrogens (primary N) is 1. The molecule has 24 heavy (non-hydrogen) atoms. The van der Waals surface area contributed by atoms with Crippen LogP contribution in [0.5, 0.6) is 5.88 Å². The predicted molar refractivity (Wildman–Crippen MR) is 91.9 cm³/mol. The average molecular weight is 336 g/mol. The fourth-order valence-corrected chi connectivity index (χ4v) is 2.38. The van der Waals surface area contributed by atoms with Gasteiger partial charge in [0, 0.05) is 51.5 Å². The lowest BCUT2D eigenvalue weighted by atomic mass is 10.2. The van der Waals surface area contributed by atoms with Crippen molar-refractivity contribution < 1.29 is 14.3 Å². The van der Waals surface area contributed by atoms with E-state index in [0.717, 1.165) is 25.2 Å². The highest BCUT2D eigenvalue weighted by Gasteiger charge is 2.25. The summed E-state index contributed by atoms with van der Waals surface area (Å²) < 4.78 is 11.0. The first kappa shape index (κ1) is 18.5. The maximum Gasteiger partial charge on any atom is 0.410 e. The van der Waals surface area contributed by atoms with Crippen LogP contribution < -0.4 is 10.5 Å². The molecule has 7 nitrogen and oxygen atoms in total. The zero-order chi connectivity index (χ0) is 17.6. The molecular formula is C17H28N4O3. The number of ether oxygens (including phenoxy) is 2. The molecule has 1 aromatic rings. The van der Waals surface area contributed by atoms with Crippen molar-refractivity contribution in [1.82, 2.24) is 14.8 Å². The van der Waals surface area contributed by atoms with Crippen molar-refractivity contribution in [3.05, 3.63) is 23.9 Å². The molecule has 0 atom stereocenters. The summed E-state index contributed by atoms with van der Waals surface area (Å²) in [6, 6.07) is 3.75. The number of pyridine rings is 1. The van der Waals surface area contributed by atoms with Crippen LogP contribution in [0.15, 0.2) is 18.3 Å². The van der Waals surface area contributed by atoms with Gasteiger partial charge in [-0.2, -0.15) is 0 Å². The molecule has 0 spiro atoms. The largest absolute Gasteiger partial charge is 0.476 e. The van der Waals surface area contributed by atoms with E-state index in [1.54, 1.807) is 11.1 Å². The summed E-state index contributed by atoms with van der Waals surface area (Å²) in [6.07, 6.45) is 1.50. The highest BCUT2D eigenvalue weighted by atomic mass is 16.6. The third-order valence-electron chi connectivity index (χ3n) is 3.71. The van der Waals surface area contributed by atoms with Gasteiger partial charge < -0.3 is 20.1 Å². The topological polar surface area (TPSA) is 80.9 Å². The maximum absolute atomic E-state index is 12.0. The highest BCUT2D eigenvalue weighted by Crippen LogP contribution is 2.12. The number of carbonyl (C=O) groups is 1. The molecule has 2 N–H and O–H groups in total. The van der Waals surface area contributed by atoms with Gasteiger partial charge in [0.1, 0.15) is 12.2 Å². The van der Waals surface area contributed by atoms with Crippen molar-refractivity contribution in [2.75, 3.05) is 39.3 Å². The summed E-state index contributed by atoms with van der Waals surface area (Å²) in [5.41, 5.74) is 6.08. The van der Waals surface area contributed by atoms with Crippen molar-refractivity contribution in [3.8, 4) is 5.88 Å². The normalized spacial score (nSPS) is 16.1. The first-order valence-electron chi connectivity index (χ1n) is 8.35. The first-order valence-corrected chi connectivity index (χ1v) is 8.35. The van der Waals surface area contributed by atoms with E-state index in [4.69, 9.17) is 15.2 Å². The second kappa shape index (κ2) is 8.30. The lowest BCUT2D eigenvalue weighted by Crippen LogP contribution is -2.50. The van der Waals surface area contributed by atoms with Gasteiger partial charge in [0.2, 0.25) is 5.88 Å². The first-order chi connectivity index (χ1) is 11.4. The molecule has 1 saturated heterocycles. The van der Waals surface area contributed by atoms with Gasteiger partial charge >= 0.3 is 6.09 Å². The summed E-state index contributed by atoms with van der Waals surface area (Å²) in [5, 5.41) is 0. The molecule has 0 unspecified atom stereocenters. The standard InChI is InChI=1S/C17H28N4O3/c1-17(2,3)24-16(22)21-8-6-20(7-9-21)10-11-23-15-5-4-14(12-18)13-19-15/h4-5,13H,6-12,18H2,1-3H3. The van der Waals surface area contributed by atoms with E-state index in [1.165, 1.54) is 0 Å². The predicted octanol–water partition coefficient (Wildman–Crippen LogP) is 1.47. The Morgan fingerprint density at radius 1 is 1.25 bits per heavy atom. The number of carbonyl (C=O) groups excluding carboxylic acids is 1. The Kier molecular flexibility index (Phi) is 6.39. The van der Waals surface area contributed by atoms with Gasteiger partial charge in [-0.05, 0) is 26.3 Å². The molecule has 1 amide bonds. The fraction of sp³-hybridized carbons (Fsp3) is 0.647. The zero-order valence-corrected chi connectivity index (χ0v) is 14.8. The van der Waals surface area contributed by atoms with Crippen LogP contribution >= 0.6 is 0 Å². The molecule has 7 heteroatoms. The Bertz CT molecular complexity index is 520. The molecule has 2 rings (SSSR count). The van der Waals surface area contributed by atoms with Crippen LogP contribution in [0.1, 0.15) is 26.3 Å². The quantitative estimate of drug-likeness (QED) is 0.877. The summed E-state index contributed by atoms with van der Waals surface area (Å²) in [6.45, 7) is 10.5. The molecule has 0 aliphatic carbocycles. The van der Waals surface area contributed by atoms with Crippen LogP contribution in [-0.2, 0) is 11.3 Å². The lowest BCUT2D eigenvalue weighted by molar-refractivity contribution is 0.0136. The maximum atomic E-state index is 12.0. The Labute approximate surface area is 143 Å². The van der Waals surface area contributed by atoms with Crippen molar-refractivity contribution in [3.63, 3.8) is 0 Å². The molecule has 1 aliphatic heterocycles. The third-order valence-corrected chi connectivity index (χ3v) is 3.71. The van der Waals surface area contributed by atoms with E-state index in [-0.39, 0.29) is 6.09 Å². The zero-order valence-electron chi connectivity index (χ0n) is 14.8. The molecule has 0 bridgehead atoms. The molecule has 1 aromatic heterocycles. The van der Waals surface area contributed by atoms with E-state index in [1.807, 2.05) is 32.9 Å². The average Bonchev–Trinajstić information content (AvgIpc) is 2.54. The third kappa shape index (κ3) is 5.98. The molecule has 0 radical (unpaired) electrons. The molecular weight excluding hydrogens is 308 g/mol. The summed E-state index contributed by atoms with van der Waals surface area (Å²) in [5.74, 6) is 0.611. The molecule has 1 aliphatic rings. The number of aromatic nitrogens is 1. The number of hydrogen-bond donors (Lipinski definition) is 1. The minimum Gasteiger partial charge on any atom is -0.476 e. The van der Waals surface area contributed by atoms with E-state index in [0.29, 0.717) is 32.1 Å². The van der Waals surface area contributed by atoms with Gasteiger partial charge in [0.15, 0.2) is 0 Å². The number of nitrogens with zero attached hydrogens (tertiary/aromatic N) is 3. The smallest absolute Gasteiger partial charge is 0.410 e. The van der Waals surface area contributed by atoms with Crippen LogP contribution in [0.3, 0.4) is 0 Å². The van der Waals surface area contributed by atoms with Gasteiger partial charge in [-0.25, -0.2) is 9.78 Å². The van der Waals surface area contributed by atoms with Crippen molar-refractivity contribution in [2.45, 2.75) is 32.9 Å². The van der Waals surface area contributed by atoms with E-state index < -0.39 is 5.60 Å². The van der Waals surface area contributed by atoms with E-state index in [2.05, 4.69) is 9.88 Å². The lowest BCUT2D eigenvalue weighted by Gasteiger charge is -2.35. The van der Waals surface area contributed by atoms with Crippen molar-refractivity contribution >= 4 is 6.09 Å². The number of amides is 1. The Hall–Kier alpha value is -1.86. The number of rotatable bonds is 5. The monoisotopic (exact) mass is 336 g/mol.